The fourth-order valence-electron chi connectivity index (χ4n) is 4.28. The number of hydrogen-bond acceptors (Lipinski definition) is 5. The minimum Gasteiger partial charge on any atom is -0.449 e. The van der Waals surface area contributed by atoms with E-state index in [-0.39, 0.29) is 6.09 Å². The molecule has 6 nitrogen and oxygen atoms in total. The van der Waals surface area contributed by atoms with E-state index in [2.05, 4.69) is 29.3 Å². The number of benzene rings is 2. The molecule has 0 atom stereocenters. The summed E-state index contributed by atoms with van der Waals surface area (Å²) >= 11 is 6.24. The standard InChI is InChI=1S/C26H33ClN4O2/c1-2-3-4-5-6-9-18-33-26(32)31-16-14-30(15-17-31)25-21-10-7-8-11-22(21)28-23-13-12-20(27)19-24(23)29-25/h7-8,10-13,19,28H,2-6,9,14-18H2,1H3. The van der Waals surface area contributed by atoms with E-state index < -0.39 is 0 Å². The number of ether oxygens (including phenoxy) is 1. The first-order valence-corrected chi connectivity index (χ1v) is 12.4. The van der Waals surface area contributed by atoms with E-state index >= 15 is 0 Å². The van der Waals surface area contributed by atoms with Gasteiger partial charge >= 0.3 is 6.09 Å². The highest BCUT2D eigenvalue weighted by Gasteiger charge is 2.27. The molecule has 7 heteroatoms. The second-order valence-corrected chi connectivity index (χ2v) is 9.06. The van der Waals surface area contributed by atoms with Crippen LogP contribution in [0.25, 0.3) is 0 Å². The lowest BCUT2D eigenvalue weighted by Crippen LogP contribution is -2.51. The molecule has 2 heterocycles. The maximum atomic E-state index is 12.5. The molecule has 0 bridgehead atoms. The number of amidine groups is 1. The summed E-state index contributed by atoms with van der Waals surface area (Å²) in [6.07, 6.45) is 6.88. The highest BCUT2D eigenvalue weighted by Crippen LogP contribution is 2.36. The third kappa shape index (κ3) is 5.99. The number of carbonyl (C=O) groups excluding carboxylic acids is 1. The number of rotatable bonds is 7. The van der Waals surface area contributed by atoms with E-state index in [9.17, 15) is 4.79 Å². The molecule has 0 radical (unpaired) electrons. The lowest BCUT2D eigenvalue weighted by atomic mass is 10.1. The summed E-state index contributed by atoms with van der Waals surface area (Å²) < 4.78 is 5.52. The van der Waals surface area contributed by atoms with Gasteiger partial charge in [0.15, 0.2) is 0 Å². The van der Waals surface area contributed by atoms with Crippen molar-refractivity contribution in [2.45, 2.75) is 45.4 Å². The van der Waals surface area contributed by atoms with Gasteiger partial charge in [0.1, 0.15) is 5.84 Å². The Bertz CT molecular complexity index is 986. The minimum atomic E-state index is -0.204. The Morgan fingerprint density at radius 2 is 1.76 bits per heavy atom. The zero-order chi connectivity index (χ0) is 23.0. The highest BCUT2D eigenvalue weighted by atomic mass is 35.5. The Morgan fingerprint density at radius 3 is 2.58 bits per heavy atom. The van der Waals surface area contributed by atoms with Gasteiger partial charge in [-0.15, -0.1) is 0 Å². The van der Waals surface area contributed by atoms with Crippen LogP contribution in [0.1, 0.15) is 51.0 Å². The summed E-state index contributed by atoms with van der Waals surface area (Å²) in [4.78, 5) is 21.5. The van der Waals surface area contributed by atoms with Crippen LogP contribution in [0, 0.1) is 0 Å². The molecule has 4 rings (SSSR count). The molecule has 2 aromatic rings. The van der Waals surface area contributed by atoms with E-state index in [4.69, 9.17) is 21.3 Å². The number of aliphatic imine (C=N–C) groups is 1. The van der Waals surface area contributed by atoms with Crippen LogP contribution in [-0.4, -0.2) is 54.5 Å². The van der Waals surface area contributed by atoms with Crippen LogP contribution in [0.4, 0.5) is 21.9 Å². The number of fused-ring (bicyclic) bond motifs is 2. The van der Waals surface area contributed by atoms with Crippen molar-refractivity contribution < 1.29 is 9.53 Å². The molecule has 1 amide bonds. The Hall–Kier alpha value is -2.73. The molecular weight excluding hydrogens is 436 g/mol. The molecular formula is C26H33ClN4O2. The smallest absolute Gasteiger partial charge is 0.409 e. The summed E-state index contributed by atoms with van der Waals surface area (Å²) in [5.41, 5.74) is 3.80. The number of anilines is 2. The molecule has 0 spiro atoms. The van der Waals surface area contributed by atoms with E-state index in [1.165, 1.54) is 25.7 Å². The Kier molecular flexibility index (Phi) is 8.10. The van der Waals surface area contributed by atoms with E-state index in [0.717, 1.165) is 41.3 Å². The number of unbranched alkanes of at least 4 members (excludes halogenated alkanes) is 5. The number of nitrogens with zero attached hydrogens (tertiary/aromatic N) is 3. The van der Waals surface area contributed by atoms with Crippen LogP contribution < -0.4 is 5.32 Å². The van der Waals surface area contributed by atoms with Crippen molar-refractivity contribution in [2.75, 3.05) is 38.1 Å². The Labute approximate surface area is 201 Å². The highest BCUT2D eigenvalue weighted by molar-refractivity contribution is 6.31. The second-order valence-electron chi connectivity index (χ2n) is 8.62. The van der Waals surface area contributed by atoms with Gasteiger partial charge in [0.2, 0.25) is 0 Å². The van der Waals surface area contributed by atoms with E-state index in [1.807, 2.05) is 30.3 Å². The zero-order valence-corrected chi connectivity index (χ0v) is 20.1. The first-order chi connectivity index (χ1) is 16.2. The van der Waals surface area contributed by atoms with Crippen LogP contribution in [0.15, 0.2) is 47.5 Å². The van der Waals surface area contributed by atoms with Crippen LogP contribution in [0.3, 0.4) is 0 Å². The number of amides is 1. The van der Waals surface area contributed by atoms with Gasteiger partial charge in [0.25, 0.3) is 0 Å². The van der Waals surface area contributed by atoms with Gasteiger partial charge in [-0.3, -0.25) is 0 Å². The summed E-state index contributed by atoms with van der Waals surface area (Å²) in [5, 5.41) is 4.14. The van der Waals surface area contributed by atoms with Gasteiger partial charge in [-0.2, -0.15) is 0 Å². The molecule has 1 saturated heterocycles. The number of hydrogen-bond donors (Lipinski definition) is 1. The number of piperazine rings is 1. The lowest BCUT2D eigenvalue weighted by molar-refractivity contribution is 0.0865. The van der Waals surface area contributed by atoms with Crippen molar-refractivity contribution in [1.82, 2.24) is 9.80 Å². The monoisotopic (exact) mass is 468 g/mol. The molecule has 2 aromatic carbocycles. The fraction of sp³-hybridized carbons (Fsp3) is 0.462. The molecule has 1 fully saturated rings. The fourth-order valence-corrected chi connectivity index (χ4v) is 4.45. The number of nitrogens with one attached hydrogen (secondary N) is 1. The van der Waals surface area contributed by atoms with Crippen molar-refractivity contribution in [2.24, 2.45) is 4.99 Å². The van der Waals surface area contributed by atoms with Gasteiger partial charge in [0.05, 0.1) is 18.0 Å². The summed E-state index contributed by atoms with van der Waals surface area (Å²) in [6.45, 7) is 5.37. The Morgan fingerprint density at radius 1 is 1.00 bits per heavy atom. The quantitative estimate of drug-likeness (QED) is 0.465. The third-order valence-electron chi connectivity index (χ3n) is 6.18. The van der Waals surface area contributed by atoms with Gasteiger partial charge in [-0.25, -0.2) is 9.79 Å². The van der Waals surface area contributed by atoms with Gasteiger partial charge in [0, 0.05) is 42.5 Å². The van der Waals surface area contributed by atoms with Crippen molar-refractivity contribution in [3.05, 3.63) is 53.1 Å². The molecule has 1 N–H and O–H groups in total. The molecule has 0 unspecified atom stereocenters. The first kappa shape index (κ1) is 23.4. The van der Waals surface area contributed by atoms with Crippen molar-refractivity contribution in [3.8, 4) is 0 Å². The minimum absolute atomic E-state index is 0.204. The second kappa shape index (κ2) is 11.4. The van der Waals surface area contributed by atoms with Crippen molar-refractivity contribution in [3.63, 3.8) is 0 Å². The average Bonchev–Trinajstić information content (AvgIpc) is 3.00. The van der Waals surface area contributed by atoms with Crippen LogP contribution >= 0.6 is 11.6 Å². The topological polar surface area (TPSA) is 57.2 Å². The van der Waals surface area contributed by atoms with Crippen LogP contribution in [0.5, 0.6) is 0 Å². The van der Waals surface area contributed by atoms with Gasteiger partial charge in [-0.1, -0.05) is 62.8 Å². The summed E-state index contributed by atoms with van der Waals surface area (Å²) in [6, 6.07) is 13.9. The predicted molar refractivity (Wildman–Crippen MR) is 135 cm³/mol. The summed E-state index contributed by atoms with van der Waals surface area (Å²) in [5.74, 6) is 0.902. The molecule has 0 saturated carbocycles. The third-order valence-corrected chi connectivity index (χ3v) is 6.42. The SMILES string of the molecule is CCCCCCCCOC(=O)N1CCN(C2=Nc3cc(Cl)ccc3Nc3ccccc32)CC1. The molecule has 33 heavy (non-hydrogen) atoms. The Balaban J connectivity index is 1.36. The predicted octanol–water partition coefficient (Wildman–Crippen LogP) is 6.59. The molecule has 2 aliphatic rings. The maximum Gasteiger partial charge on any atom is 0.409 e. The zero-order valence-electron chi connectivity index (χ0n) is 19.4. The largest absolute Gasteiger partial charge is 0.449 e. The van der Waals surface area contributed by atoms with Crippen LogP contribution in [-0.2, 0) is 4.74 Å². The lowest BCUT2D eigenvalue weighted by Gasteiger charge is -2.36. The molecule has 0 aliphatic carbocycles. The van der Waals surface area contributed by atoms with E-state index in [1.54, 1.807) is 4.90 Å². The van der Waals surface area contributed by atoms with Crippen LogP contribution in [0.2, 0.25) is 5.02 Å². The van der Waals surface area contributed by atoms with Gasteiger partial charge in [-0.05, 0) is 36.8 Å². The average molecular weight is 469 g/mol. The normalized spacial score (nSPS) is 15.2. The van der Waals surface area contributed by atoms with E-state index in [0.29, 0.717) is 37.8 Å². The first-order valence-electron chi connectivity index (χ1n) is 12.1. The number of carbonyl (C=O) groups is 1. The maximum absolute atomic E-state index is 12.5. The molecule has 2 aliphatic heterocycles. The molecule has 0 aromatic heterocycles. The van der Waals surface area contributed by atoms with Crippen molar-refractivity contribution in [1.29, 1.82) is 0 Å². The summed E-state index contributed by atoms with van der Waals surface area (Å²) in [7, 11) is 0. The molecule has 176 valence electrons. The van der Waals surface area contributed by atoms with Crippen molar-refractivity contribution >= 4 is 40.6 Å². The number of para-hydroxylation sites is 1. The van der Waals surface area contributed by atoms with Gasteiger partial charge < -0.3 is 19.9 Å². The number of halogens is 1.